The van der Waals surface area contributed by atoms with Crippen LogP contribution in [0.4, 0.5) is 0 Å². The van der Waals surface area contributed by atoms with E-state index in [0.29, 0.717) is 12.5 Å². The number of phenolic OH excluding ortho intramolecular Hbond substituents is 1. The van der Waals surface area contributed by atoms with Gasteiger partial charge >= 0.3 is 0 Å². The highest BCUT2D eigenvalue weighted by atomic mass is 16.5. The second-order valence-electron chi connectivity index (χ2n) is 5.79. The molecule has 114 valence electrons. The smallest absolute Gasteiger partial charge is 0.223 e. The van der Waals surface area contributed by atoms with Crippen molar-refractivity contribution in [3.05, 3.63) is 29.8 Å². The molecule has 1 aliphatic carbocycles. The van der Waals surface area contributed by atoms with Gasteiger partial charge in [0, 0.05) is 32.1 Å². The summed E-state index contributed by atoms with van der Waals surface area (Å²) in [6.45, 7) is 5.09. The van der Waals surface area contributed by atoms with Crippen LogP contribution in [0.2, 0.25) is 0 Å². The lowest BCUT2D eigenvalue weighted by Gasteiger charge is -2.26. The van der Waals surface area contributed by atoms with Gasteiger partial charge in [0.2, 0.25) is 5.91 Å². The monoisotopic (exact) mass is 290 g/mol. The number of amides is 1. The van der Waals surface area contributed by atoms with Crippen LogP contribution < -0.4 is 5.32 Å². The number of ether oxygens (including phenoxy) is 1. The van der Waals surface area contributed by atoms with Crippen molar-refractivity contribution in [1.82, 2.24) is 10.2 Å². The van der Waals surface area contributed by atoms with Crippen LogP contribution >= 0.6 is 0 Å². The van der Waals surface area contributed by atoms with Gasteiger partial charge in [-0.2, -0.15) is 0 Å². The number of rotatable bonds is 5. The van der Waals surface area contributed by atoms with Crippen molar-refractivity contribution in [2.75, 3.05) is 39.4 Å². The summed E-state index contributed by atoms with van der Waals surface area (Å²) in [4.78, 5) is 14.4. The molecule has 2 aliphatic rings. The van der Waals surface area contributed by atoms with Crippen LogP contribution in [0.1, 0.15) is 17.9 Å². The molecule has 0 aromatic heterocycles. The molecule has 3 rings (SSSR count). The molecule has 5 heteroatoms. The standard InChI is InChI=1S/C16H22N2O3/c19-13-3-1-12(2-4-13)14-11-15(14)16(20)17-5-6-18-7-9-21-10-8-18/h1-4,14-15,19H,5-11H2,(H,17,20). The fraction of sp³-hybridized carbons (Fsp3) is 0.562. The lowest BCUT2D eigenvalue weighted by Crippen LogP contribution is -2.41. The predicted molar refractivity (Wildman–Crippen MR) is 79.2 cm³/mol. The zero-order valence-electron chi connectivity index (χ0n) is 12.1. The van der Waals surface area contributed by atoms with Crippen LogP contribution in [0.3, 0.4) is 0 Å². The number of hydrogen-bond donors (Lipinski definition) is 2. The molecular formula is C16H22N2O3. The van der Waals surface area contributed by atoms with Crippen molar-refractivity contribution in [2.45, 2.75) is 12.3 Å². The molecule has 0 spiro atoms. The molecule has 1 saturated heterocycles. The van der Waals surface area contributed by atoms with Crippen molar-refractivity contribution in [2.24, 2.45) is 5.92 Å². The van der Waals surface area contributed by atoms with E-state index in [0.717, 1.165) is 44.8 Å². The van der Waals surface area contributed by atoms with E-state index < -0.39 is 0 Å². The van der Waals surface area contributed by atoms with Crippen LogP contribution in [0.15, 0.2) is 24.3 Å². The number of hydrogen-bond acceptors (Lipinski definition) is 4. The highest BCUT2D eigenvalue weighted by Gasteiger charge is 2.43. The summed E-state index contributed by atoms with van der Waals surface area (Å²) in [7, 11) is 0. The first-order valence-electron chi connectivity index (χ1n) is 7.61. The van der Waals surface area contributed by atoms with Crippen LogP contribution in [0, 0.1) is 5.92 Å². The van der Waals surface area contributed by atoms with Gasteiger partial charge in [-0.1, -0.05) is 12.1 Å². The largest absolute Gasteiger partial charge is 0.508 e. The first kappa shape index (κ1) is 14.4. The Morgan fingerprint density at radius 1 is 1.29 bits per heavy atom. The summed E-state index contributed by atoms with van der Waals surface area (Å²) in [5.74, 6) is 0.834. The Labute approximate surface area is 124 Å². The van der Waals surface area contributed by atoms with E-state index in [-0.39, 0.29) is 17.6 Å². The average molecular weight is 290 g/mol. The number of benzene rings is 1. The Morgan fingerprint density at radius 2 is 2.00 bits per heavy atom. The summed E-state index contributed by atoms with van der Waals surface area (Å²) < 4.78 is 5.30. The molecule has 2 unspecified atom stereocenters. The van der Waals surface area contributed by atoms with Crippen molar-refractivity contribution in [3.8, 4) is 5.75 Å². The van der Waals surface area contributed by atoms with Gasteiger partial charge in [0.1, 0.15) is 5.75 Å². The molecule has 1 amide bonds. The van der Waals surface area contributed by atoms with Gasteiger partial charge in [-0.25, -0.2) is 0 Å². The van der Waals surface area contributed by atoms with Gasteiger partial charge in [-0.05, 0) is 30.0 Å². The van der Waals surface area contributed by atoms with E-state index in [1.54, 1.807) is 12.1 Å². The maximum atomic E-state index is 12.1. The minimum atomic E-state index is 0.0965. The number of nitrogens with one attached hydrogen (secondary N) is 1. The number of aromatic hydroxyl groups is 1. The number of carbonyl (C=O) groups excluding carboxylic acids is 1. The maximum absolute atomic E-state index is 12.1. The van der Waals surface area contributed by atoms with E-state index in [1.807, 2.05) is 12.1 Å². The third kappa shape index (κ3) is 3.74. The lowest BCUT2D eigenvalue weighted by molar-refractivity contribution is -0.122. The Bertz CT molecular complexity index is 483. The maximum Gasteiger partial charge on any atom is 0.223 e. The molecule has 0 bridgehead atoms. The van der Waals surface area contributed by atoms with Crippen LogP contribution in [-0.2, 0) is 9.53 Å². The molecule has 1 saturated carbocycles. The normalized spacial score (nSPS) is 25.5. The molecule has 1 aromatic carbocycles. The third-order valence-electron chi connectivity index (χ3n) is 4.28. The molecule has 21 heavy (non-hydrogen) atoms. The summed E-state index contributed by atoms with van der Waals surface area (Å²) in [5.41, 5.74) is 1.14. The molecule has 2 N–H and O–H groups in total. The van der Waals surface area contributed by atoms with E-state index in [1.165, 1.54) is 0 Å². The molecule has 2 atom stereocenters. The lowest BCUT2D eigenvalue weighted by atomic mass is 10.1. The van der Waals surface area contributed by atoms with Gasteiger partial charge in [-0.15, -0.1) is 0 Å². The van der Waals surface area contributed by atoms with Gasteiger partial charge in [0.05, 0.1) is 13.2 Å². The quantitative estimate of drug-likeness (QED) is 0.847. The third-order valence-corrected chi connectivity index (χ3v) is 4.28. The number of phenols is 1. The minimum Gasteiger partial charge on any atom is -0.508 e. The molecule has 5 nitrogen and oxygen atoms in total. The van der Waals surface area contributed by atoms with Crippen molar-refractivity contribution < 1.29 is 14.6 Å². The van der Waals surface area contributed by atoms with E-state index in [9.17, 15) is 9.90 Å². The van der Waals surface area contributed by atoms with Gasteiger partial charge in [0.25, 0.3) is 0 Å². The first-order chi connectivity index (χ1) is 10.2. The molecule has 1 heterocycles. The molecular weight excluding hydrogens is 268 g/mol. The second kappa shape index (κ2) is 6.45. The molecule has 0 radical (unpaired) electrons. The number of nitrogens with zero attached hydrogens (tertiary/aromatic N) is 1. The second-order valence-corrected chi connectivity index (χ2v) is 5.79. The van der Waals surface area contributed by atoms with Crippen molar-refractivity contribution in [1.29, 1.82) is 0 Å². The molecule has 1 aromatic rings. The van der Waals surface area contributed by atoms with E-state index in [4.69, 9.17) is 4.74 Å². The van der Waals surface area contributed by atoms with Gasteiger partial charge in [-0.3, -0.25) is 9.69 Å². The first-order valence-corrected chi connectivity index (χ1v) is 7.61. The van der Waals surface area contributed by atoms with Crippen LogP contribution in [-0.4, -0.2) is 55.3 Å². The Balaban J connectivity index is 1.39. The fourth-order valence-electron chi connectivity index (χ4n) is 2.87. The SMILES string of the molecule is O=C(NCCN1CCOCC1)C1CC1c1ccc(O)cc1. The van der Waals surface area contributed by atoms with Crippen molar-refractivity contribution >= 4 is 5.91 Å². The summed E-state index contributed by atoms with van der Waals surface area (Å²) in [5, 5.41) is 12.3. The fourth-order valence-corrected chi connectivity index (χ4v) is 2.87. The summed E-state index contributed by atoms with van der Waals surface area (Å²) in [6, 6.07) is 7.17. The summed E-state index contributed by atoms with van der Waals surface area (Å²) in [6.07, 6.45) is 0.911. The predicted octanol–water partition coefficient (Wildman–Crippen LogP) is 0.944. The van der Waals surface area contributed by atoms with Crippen molar-refractivity contribution in [3.63, 3.8) is 0 Å². The molecule has 1 aliphatic heterocycles. The number of carbonyl (C=O) groups is 1. The topological polar surface area (TPSA) is 61.8 Å². The summed E-state index contributed by atoms with van der Waals surface area (Å²) >= 11 is 0. The number of morpholine rings is 1. The van der Waals surface area contributed by atoms with E-state index >= 15 is 0 Å². The van der Waals surface area contributed by atoms with E-state index in [2.05, 4.69) is 10.2 Å². The Morgan fingerprint density at radius 3 is 2.71 bits per heavy atom. The Hall–Kier alpha value is -1.59. The highest BCUT2D eigenvalue weighted by Crippen LogP contribution is 2.47. The molecule has 2 fully saturated rings. The van der Waals surface area contributed by atoms with Gasteiger partial charge < -0.3 is 15.2 Å². The zero-order chi connectivity index (χ0) is 14.7. The van der Waals surface area contributed by atoms with Crippen LogP contribution in [0.5, 0.6) is 5.75 Å². The minimum absolute atomic E-state index is 0.0965. The van der Waals surface area contributed by atoms with Crippen LogP contribution in [0.25, 0.3) is 0 Å². The highest BCUT2D eigenvalue weighted by molar-refractivity contribution is 5.82. The Kier molecular flexibility index (Phi) is 4.41. The average Bonchev–Trinajstić information content (AvgIpc) is 3.30. The van der Waals surface area contributed by atoms with Gasteiger partial charge in [0.15, 0.2) is 0 Å². The zero-order valence-corrected chi connectivity index (χ0v) is 12.1.